The van der Waals surface area contributed by atoms with Crippen molar-refractivity contribution >= 4 is 5.97 Å². The molecule has 6 heteroatoms. The average Bonchev–Trinajstić information content (AvgIpc) is 2.81. The van der Waals surface area contributed by atoms with Crippen LogP contribution >= 0.6 is 0 Å². The predicted molar refractivity (Wildman–Crippen MR) is 69.7 cm³/mol. The fourth-order valence-electron chi connectivity index (χ4n) is 1.75. The Morgan fingerprint density at radius 3 is 2.79 bits per heavy atom. The summed E-state index contributed by atoms with van der Waals surface area (Å²) in [5.74, 6) is -0.578. The van der Waals surface area contributed by atoms with E-state index in [1.807, 2.05) is 6.07 Å². The summed E-state index contributed by atoms with van der Waals surface area (Å²) >= 11 is 0. The van der Waals surface area contributed by atoms with Crippen LogP contribution < -0.4 is 0 Å². The summed E-state index contributed by atoms with van der Waals surface area (Å²) in [4.78, 5) is 15.4. The van der Waals surface area contributed by atoms with Gasteiger partial charge in [0.25, 0.3) is 0 Å². The third-order valence-corrected chi connectivity index (χ3v) is 2.76. The maximum Gasteiger partial charge on any atom is 0.358 e. The fourth-order valence-corrected chi connectivity index (χ4v) is 1.75. The molecule has 0 unspecified atom stereocenters. The Bertz CT molecular complexity index is 563. The van der Waals surface area contributed by atoms with Crippen LogP contribution in [0.1, 0.15) is 30.8 Å². The lowest BCUT2D eigenvalue weighted by Gasteiger charge is -2.08. The zero-order valence-electron chi connectivity index (χ0n) is 10.9. The minimum Gasteiger partial charge on any atom is -0.476 e. The van der Waals surface area contributed by atoms with Crippen molar-refractivity contribution < 1.29 is 9.90 Å². The average molecular weight is 260 g/mol. The van der Waals surface area contributed by atoms with Gasteiger partial charge in [0.15, 0.2) is 5.69 Å². The third-order valence-electron chi connectivity index (χ3n) is 2.76. The Morgan fingerprint density at radius 1 is 1.42 bits per heavy atom. The smallest absolute Gasteiger partial charge is 0.358 e. The van der Waals surface area contributed by atoms with Crippen molar-refractivity contribution in [2.45, 2.75) is 26.8 Å². The summed E-state index contributed by atoms with van der Waals surface area (Å²) in [6.45, 7) is 4.84. The van der Waals surface area contributed by atoms with Gasteiger partial charge in [0.2, 0.25) is 0 Å². The van der Waals surface area contributed by atoms with E-state index in [0.29, 0.717) is 23.9 Å². The molecule has 2 rings (SSSR count). The second-order valence-corrected chi connectivity index (χ2v) is 4.71. The van der Waals surface area contributed by atoms with E-state index in [1.54, 1.807) is 23.0 Å². The SMILES string of the molecule is CC(C)CCn1nnc(C(=O)O)c1-c1ccccn1. The second-order valence-electron chi connectivity index (χ2n) is 4.71. The van der Waals surface area contributed by atoms with Crippen LogP contribution in [-0.4, -0.2) is 31.1 Å². The lowest BCUT2D eigenvalue weighted by Crippen LogP contribution is -2.07. The number of aryl methyl sites for hydroxylation is 1. The van der Waals surface area contributed by atoms with Crippen molar-refractivity contribution in [3.05, 3.63) is 30.1 Å². The molecule has 1 N–H and O–H groups in total. The Kier molecular flexibility index (Phi) is 3.89. The van der Waals surface area contributed by atoms with Gasteiger partial charge in [0.1, 0.15) is 5.69 Å². The summed E-state index contributed by atoms with van der Waals surface area (Å²) < 4.78 is 1.62. The van der Waals surface area contributed by atoms with Crippen LogP contribution in [0.15, 0.2) is 24.4 Å². The van der Waals surface area contributed by atoms with E-state index in [4.69, 9.17) is 0 Å². The van der Waals surface area contributed by atoms with E-state index in [1.165, 1.54) is 0 Å². The van der Waals surface area contributed by atoms with E-state index < -0.39 is 5.97 Å². The standard InChI is InChI=1S/C13H16N4O2/c1-9(2)6-8-17-12(10-5-3-4-7-14-10)11(13(18)19)15-16-17/h3-5,7,9H,6,8H2,1-2H3,(H,18,19). The molecule has 0 aliphatic heterocycles. The van der Waals surface area contributed by atoms with Gasteiger partial charge in [-0.1, -0.05) is 25.1 Å². The first kappa shape index (κ1) is 13.2. The minimum atomic E-state index is -1.09. The Morgan fingerprint density at radius 2 is 2.21 bits per heavy atom. The molecule has 6 nitrogen and oxygen atoms in total. The van der Waals surface area contributed by atoms with E-state index in [-0.39, 0.29) is 5.69 Å². The molecule has 0 aliphatic carbocycles. The molecule has 0 spiro atoms. The summed E-state index contributed by atoms with van der Waals surface area (Å²) in [7, 11) is 0. The lowest BCUT2D eigenvalue weighted by molar-refractivity contribution is 0.0691. The number of aromatic carboxylic acids is 1. The predicted octanol–water partition coefficient (Wildman–Crippen LogP) is 2.08. The van der Waals surface area contributed by atoms with Crippen LogP contribution in [0.5, 0.6) is 0 Å². The summed E-state index contributed by atoms with van der Waals surface area (Å²) in [6.07, 6.45) is 2.53. The normalized spacial score (nSPS) is 10.9. The Balaban J connectivity index is 2.42. The van der Waals surface area contributed by atoms with Crippen molar-refractivity contribution in [1.82, 2.24) is 20.0 Å². The number of hydrogen-bond acceptors (Lipinski definition) is 4. The van der Waals surface area contributed by atoms with Gasteiger partial charge in [0.05, 0.1) is 5.69 Å². The van der Waals surface area contributed by atoms with Gasteiger partial charge in [-0.2, -0.15) is 0 Å². The molecule has 0 aromatic carbocycles. The van der Waals surface area contributed by atoms with Crippen LogP contribution in [0.4, 0.5) is 0 Å². The molecular weight excluding hydrogens is 244 g/mol. The highest BCUT2D eigenvalue weighted by Crippen LogP contribution is 2.20. The van der Waals surface area contributed by atoms with E-state index >= 15 is 0 Å². The molecule has 19 heavy (non-hydrogen) atoms. The quantitative estimate of drug-likeness (QED) is 0.890. The molecule has 100 valence electrons. The summed E-state index contributed by atoms with van der Waals surface area (Å²) in [5, 5.41) is 16.8. The molecule has 0 fully saturated rings. The maximum atomic E-state index is 11.2. The lowest BCUT2D eigenvalue weighted by atomic mass is 10.1. The van der Waals surface area contributed by atoms with Crippen LogP contribution in [0.3, 0.4) is 0 Å². The number of pyridine rings is 1. The molecule has 0 radical (unpaired) electrons. The zero-order valence-corrected chi connectivity index (χ0v) is 10.9. The van der Waals surface area contributed by atoms with E-state index in [9.17, 15) is 9.90 Å². The van der Waals surface area contributed by atoms with Gasteiger partial charge in [-0.05, 0) is 24.5 Å². The van der Waals surface area contributed by atoms with Crippen molar-refractivity contribution in [1.29, 1.82) is 0 Å². The molecule has 0 aliphatic rings. The van der Waals surface area contributed by atoms with Crippen molar-refractivity contribution in [2.75, 3.05) is 0 Å². The number of carboxylic acid groups (broad SMARTS) is 1. The van der Waals surface area contributed by atoms with Gasteiger partial charge in [0, 0.05) is 12.7 Å². The molecule has 0 atom stereocenters. The highest BCUT2D eigenvalue weighted by molar-refractivity contribution is 5.92. The van der Waals surface area contributed by atoms with Crippen molar-refractivity contribution in [3.63, 3.8) is 0 Å². The van der Waals surface area contributed by atoms with Crippen LogP contribution in [-0.2, 0) is 6.54 Å². The molecule has 2 heterocycles. The third kappa shape index (κ3) is 2.96. The molecule has 0 saturated heterocycles. The minimum absolute atomic E-state index is 0.0533. The largest absolute Gasteiger partial charge is 0.476 e. The fraction of sp³-hybridized carbons (Fsp3) is 0.385. The highest BCUT2D eigenvalue weighted by atomic mass is 16.4. The molecule has 0 amide bonds. The van der Waals surface area contributed by atoms with Crippen LogP contribution in [0.2, 0.25) is 0 Å². The second kappa shape index (κ2) is 5.60. The van der Waals surface area contributed by atoms with E-state index in [2.05, 4.69) is 29.1 Å². The number of carboxylic acids is 1. The van der Waals surface area contributed by atoms with Crippen LogP contribution in [0.25, 0.3) is 11.4 Å². The van der Waals surface area contributed by atoms with Gasteiger partial charge in [-0.15, -0.1) is 5.10 Å². The number of rotatable bonds is 5. The Labute approximate surface area is 111 Å². The first-order valence-electron chi connectivity index (χ1n) is 6.17. The number of aromatic nitrogens is 4. The molecule has 2 aromatic rings. The zero-order chi connectivity index (χ0) is 13.8. The monoisotopic (exact) mass is 260 g/mol. The van der Waals surface area contributed by atoms with Crippen molar-refractivity contribution in [3.8, 4) is 11.4 Å². The van der Waals surface area contributed by atoms with Crippen LogP contribution in [0, 0.1) is 5.92 Å². The first-order valence-corrected chi connectivity index (χ1v) is 6.17. The topological polar surface area (TPSA) is 80.9 Å². The maximum absolute atomic E-state index is 11.2. The summed E-state index contributed by atoms with van der Waals surface area (Å²) in [5.41, 5.74) is 0.991. The summed E-state index contributed by atoms with van der Waals surface area (Å²) in [6, 6.07) is 5.36. The number of hydrogen-bond donors (Lipinski definition) is 1. The molecule has 0 saturated carbocycles. The molecule has 2 aromatic heterocycles. The number of carbonyl (C=O) groups is 1. The molecular formula is C13H16N4O2. The first-order chi connectivity index (χ1) is 9.09. The highest BCUT2D eigenvalue weighted by Gasteiger charge is 2.21. The van der Waals surface area contributed by atoms with Gasteiger partial charge >= 0.3 is 5.97 Å². The Hall–Kier alpha value is -2.24. The van der Waals surface area contributed by atoms with E-state index in [0.717, 1.165) is 6.42 Å². The molecule has 0 bridgehead atoms. The van der Waals surface area contributed by atoms with Gasteiger partial charge < -0.3 is 5.11 Å². The van der Waals surface area contributed by atoms with Gasteiger partial charge in [-0.3, -0.25) is 4.98 Å². The van der Waals surface area contributed by atoms with Crippen molar-refractivity contribution in [2.24, 2.45) is 5.92 Å². The van der Waals surface area contributed by atoms with Gasteiger partial charge in [-0.25, -0.2) is 9.48 Å². The number of nitrogens with zero attached hydrogens (tertiary/aromatic N) is 4.